The molecule has 1 aromatic rings. The van der Waals surface area contributed by atoms with Crippen molar-refractivity contribution in [2.75, 3.05) is 0 Å². The molecule has 1 aliphatic heterocycles. The molecule has 0 aromatic heterocycles. The summed E-state index contributed by atoms with van der Waals surface area (Å²) in [6, 6.07) is 9.11. The molecule has 2 rings (SSSR count). The van der Waals surface area contributed by atoms with Gasteiger partial charge in [0, 0.05) is 5.70 Å². The SMILES string of the molecule is O[C@@]1(C(F)(F)F)C=C(C=Cc2ccccc2)NN1. The third-order valence-electron chi connectivity index (χ3n) is 2.45. The number of alkyl halides is 3. The van der Waals surface area contributed by atoms with E-state index in [1.54, 1.807) is 11.5 Å². The number of nitrogens with one attached hydrogen (secondary N) is 2. The Bertz CT molecular complexity index is 482. The lowest BCUT2D eigenvalue weighted by atomic mass is 10.1. The average molecular weight is 256 g/mol. The molecule has 3 N–H and O–H groups in total. The molecular formula is C12H11F3N2O. The number of allylic oxidation sites excluding steroid dienone is 1. The van der Waals surface area contributed by atoms with Gasteiger partial charge in [0.1, 0.15) is 0 Å². The molecule has 0 saturated carbocycles. The summed E-state index contributed by atoms with van der Waals surface area (Å²) in [7, 11) is 0. The topological polar surface area (TPSA) is 44.3 Å². The minimum atomic E-state index is -4.78. The molecule has 1 aromatic carbocycles. The number of benzene rings is 1. The molecule has 1 atom stereocenters. The normalized spacial score (nSPS) is 24.1. The first-order chi connectivity index (χ1) is 8.41. The van der Waals surface area contributed by atoms with Gasteiger partial charge in [0.05, 0.1) is 0 Å². The van der Waals surface area contributed by atoms with E-state index < -0.39 is 11.9 Å². The number of halogens is 3. The van der Waals surface area contributed by atoms with Crippen LogP contribution in [0.2, 0.25) is 0 Å². The van der Waals surface area contributed by atoms with E-state index in [9.17, 15) is 18.3 Å². The van der Waals surface area contributed by atoms with Crippen molar-refractivity contribution in [2.24, 2.45) is 0 Å². The predicted molar refractivity (Wildman–Crippen MR) is 60.8 cm³/mol. The summed E-state index contributed by atoms with van der Waals surface area (Å²) >= 11 is 0. The van der Waals surface area contributed by atoms with Gasteiger partial charge in [0.25, 0.3) is 5.72 Å². The maximum Gasteiger partial charge on any atom is 0.436 e. The van der Waals surface area contributed by atoms with Crippen LogP contribution in [-0.4, -0.2) is 17.0 Å². The predicted octanol–water partition coefficient (Wildman–Crippen LogP) is 1.94. The number of rotatable bonds is 2. The summed E-state index contributed by atoms with van der Waals surface area (Å²) in [5, 5.41) is 9.29. The largest absolute Gasteiger partial charge is 0.436 e. The Morgan fingerprint density at radius 3 is 2.33 bits per heavy atom. The second-order valence-corrected chi connectivity index (χ2v) is 3.86. The van der Waals surface area contributed by atoms with Gasteiger partial charge in [0.2, 0.25) is 0 Å². The Morgan fingerprint density at radius 2 is 1.78 bits per heavy atom. The molecule has 1 aliphatic rings. The van der Waals surface area contributed by atoms with Gasteiger partial charge >= 0.3 is 6.18 Å². The van der Waals surface area contributed by atoms with E-state index in [-0.39, 0.29) is 5.70 Å². The van der Waals surface area contributed by atoms with Crippen LogP contribution in [0.5, 0.6) is 0 Å². The standard InChI is InChI=1S/C12H11F3N2O/c13-12(14,15)11(18)8-10(16-17-11)7-6-9-4-2-1-3-5-9/h1-8,16-18H/t11-/m1/s1. The quantitative estimate of drug-likeness (QED) is 0.757. The lowest BCUT2D eigenvalue weighted by Gasteiger charge is -2.23. The minimum Gasteiger partial charge on any atom is -0.363 e. The van der Waals surface area contributed by atoms with Crippen LogP contribution >= 0.6 is 0 Å². The Balaban J connectivity index is 2.13. The van der Waals surface area contributed by atoms with Crippen LogP contribution in [0, 0.1) is 0 Å². The summed E-state index contributed by atoms with van der Waals surface area (Å²) in [6.45, 7) is 0. The number of aliphatic hydroxyl groups is 1. The van der Waals surface area contributed by atoms with Crippen molar-refractivity contribution in [3.05, 3.63) is 53.7 Å². The second-order valence-electron chi connectivity index (χ2n) is 3.86. The van der Waals surface area contributed by atoms with E-state index in [1.165, 1.54) is 6.08 Å². The molecule has 0 spiro atoms. The Morgan fingerprint density at radius 1 is 1.11 bits per heavy atom. The van der Waals surface area contributed by atoms with Crippen molar-refractivity contribution < 1.29 is 18.3 Å². The number of hydrogen-bond donors (Lipinski definition) is 3. The van der Waals surface area contributed by atoms with Crippen molar-refractivity contribution in [2.45, 2.75) is 11.9 Å². The van der Waals surface area contributed by atoms with E-state index in [0.717, 1.165) is 5.56 Å². The molecule has 3 nitrogen and oxygen atoms in total. The summed E-state index contributed by atoms with van der Waals surface area (Å²) in [4.78, 5) is 0. The lowest BCUT2D eigenvalue weighted by Crippen LogP contribution is -2.55. The number of hydrogen-bond acceptors (Lipinski definition) is 3. The van der Waals surface area contributed by atoms with Crippen LogP contribution in [0.15, 0.2) is 48.2 Å². The van der Waals surface area contributed by atoms with Crippen molar-refractivity contribution in [3.8, 4) is 0 Å². The zero-order valence-electron chi connectivity index (χ0n) is 9.20. The summed E-state index contributed by atoms with van der Waals surface area (Å²) in [6.07, 6.45) is -0.997. The van der Waals surface area contributed by atoms with E-state index in [2.05, 4.69) is 5.43 Å². The van der Waals surface area contributed by atoms with Crippen LogP contribution in [0.25, 0.3) is 6.08 Å². The van der Waals surface area contributed by atoms with Gasteiger partial charge in [-0.05, 0) is 17.7 Å². The Kier molecular flexibility index (Phi) is 3.14. The van der Waals surface area contributed by atoms with E-state index in [1.807, 2.05) is 30.3 Å². The molecule has 0 radical (unpaired) electrons. The van der Waals surface area contributed by atoms with Gasteiger partial charge < -0.3 is 10.5 Å². The maximum absolute atomic E-state index is 12.5. The highest BCUT2D eigenvalue weighted by Gasteiger charge is 2.54. The highest BCUT2D eigenvalue weighted by molar-refractivity contribution is 5.53. The van der Waals surface area contributed by atoms with Crippen molar-refractivity contribution in [1.82, 2.24) is 10.9 Å². The molecule has 0 amide bonds. The third kappa shape index (κ3) is 2.55. The molecule has 0 unspecified atom stereocenters. The Labute approximate surface area is 102 Å². The first-order valence-electron chi connectivity index (χ1n) is 5.19. The van der Waals surface area contributed by atoms with Gasteiger partial charge in [-0.3, -0.25) is 0 Å². The van der Waals surface area contributed by atoms with Crippen LogP contribution in [0.4, 0.5) is 13.2 Å². The zero-order chi connectivity index (χ0) is 13.2. The van der Waals surface area contributed by atoms with E-state index in [4.69, 9.17) is 0 Å². The van der Waals surface area contributed by atoms with Crippen LogP contribution < -0.4 is 10.9 Å². The molecule has 18 heavy (non-hydrogen) atoms. The summed E-state index contributed by atoms with van der Waals surface area (Å²) in [5.41, 5.74) is 2.05. The fourth-order valence-electron chi connectivity index (χ4n) is 1.46. The van der Waals surface area contributed by atoms with Gasteiger partial charge in [-0.15, -0.1) is 0 Å². The molecule has 0 bridgehead atoms. The maximum atomic E-state index is 12.5. The van der Waals surface area contributed by atoms with E-state index >= 15 is 0 Å². The third-order valence-corrected chi connectivity index (χ3v) is 2.45. The summed E-state index contributed by atoms with van der Waals surface area (Å²) in [5.74, 6) is 0. The van der Waals surface area contributed by atoms with Gasteiger partial charge in [0.15, 0.2) is 0 Å². The molecule has 6 heteroatoms. The molecular weight excluding hydrogens is 245 g/mol. The van der Waals surface area contributed by atoms with Crippen molar-refractivity contribution >= 4 is 6.08 Å². The first-order valence-corrected chi connectivity index (χ1v) is 5.19. The minimum absolute atomic E-state index is 0.152. The van der Waals surface area contributed by atoms with E-state index in [0.29, 0.717) is 6.08 Å². The fourth-order valence-corrected chi connectivity index (χ4v) is 1.46. The van der Waals surface area contributed by atoms with Gasteiger partial charge in [-0.25, -0.2) is 0 Å². The second kappa shape index (κ2) is 4.47. The van der Waals surface area contributed by atoms with Crippen LogP contribution in [0.1, 0.15) is 5.56 Å². The monoisotopic (exact) mass is 256 g/mol. The molecule has 0 aliphatic carbocycles. The highest BCUT2D eigenvalue weighted by atomic mass is 19.4. The van der Waals surface area contributed by atoms with Crippen molar-refractivity contribution in [1.29, 1.82) is 0 Å². The average Bonchev–Trinajstić information content (AvgIpc) is 2.71. The van der Waals surface area contributed by atoms with Gasteiger partial charge in [-0.1, -0.05) is 36.4 Å². The highest BCUT2D eigenvalue weighted by Crippen LogP contribution is 2.31. The molecule has 0 fully saturated rings. The van der Waals surface area contributed by atoms with Gasteiger partial charge in [-0.2, -0.15) is 18.6 Å². The Hall–Kier alpha value is -1.79. The van der Waals surface area contributed by atoms with Crippen molar-refractivity contribution in [3.63, 3.8) is 0 Å². The van der Waals surface area contributed by atoms with Crippen LogP contribution in [0.3, 0.4) is 0 Å². The lowest BCUT2D eigenvalue weighted by molar-refractivity contribution is -0.250. The first kappa shape index (κ1) is 12.7. The molecule has 1 heterocycles. The smallest absolute Gasteiger partial charge is 0.363 e. The zero-order valence-corrected chi connectivity index (χ0v) is 9.20. The number of hydrazine groups is 1. The fraction of sp³-hybridized carbons (Fsp3) is 0.167. The molecule has 96 valence electrons. The van der Waals surface area contributed by atoms with Crippen LogP contribution in [-0.2, 0) is 0 Å². The summed E-state index contributed by atoms with van der Waals surface area (Å²) < 4.78 is 37.4. The molecule has 0 saturated heterocycles.